The van der Waals surface area contributed by atoms with Gasteiger partial charge in [-0.15, -0.1) is 0 Å². The summed E-state index contributed by atoms with van der Waals surface area (Å²) in [5, 5.41) is 18.4. The highest BCUT2D eigenvalue weighted by atomic mass is 16.3. The topological polar surface area (TPSA) is 40.5 Å². The first-order chi connectivity index (χ1) is 5.79. The van der Waals surface area contributed by atoms with E-state index in [1.54, 1.807) is 12.1 Å². The van der Waals surface area contributed by atoms with Crippen molar-refractivity contribution < 1.29 is 10.2 Å². The zero-order valence-corrected chi connectivity index (χ0v) is 7.25. The number of benzene rings is 1. The Morgan fingerprint density at radius 1 is 1.33 bits per heavy atom. The summed E-state index contributed by atoms with van der Waals surface area (Å²) in [6.45, 7) is 2.05. The molecule has 2 nitrogen and oxygen atoms in total. The molecule has 0 radical (unpaired) electrons. The maximum atomic E-state index is 9.44. The predicted octanol–water partition coefficient (Wildman–Crippen LogP) is 1.84. The van der Waals surface area contributed by atoms with Gasteiger partial charge in [0.2, 0.25) is 0 Å². The Labute approximate surface area is 72.5 Å². The fourth-order valence-corrected chi connectivity index (χ4v) is 1.31. The molecule has 2 heteroatoms. The SMILES string of the molecule is CCCc1c(O)cccc1CO. The van der Waals surface area contributed by atoms with Crippen molar-refractivity contribution in [3.05, 3.63) is 29.3 Å². The highest BCUT2D eigenvalue weighted by Gasteiger charge is 2.04. The Morgan fingerprint density at radius 2 is 2.08 bits per heavy atom. The molecule has 1 aromatic rings. The molecule has 0 unspecified atom stereocenters. The minimum absolute atomic E-state index is 0.00370. The van der Waals surface area contributed by atoms with Crippen LogP contribution in [-0.2, 0) is 13.0 Å². The monoisotopic (exact) mass is 166 g/mol. The molecule has 0 bridgehead atoms. The maximum Gasteiger partial charge on any atom is 0.119 e. The van der Waals surface area contributed by atoms with Gasteiger partial charge >= 0.3 is 0 Å². The van der Waals surface area contributed by atoms with E-state index < -0.39 is 0 Å². The van der Waals surface area contributed by atoms with Gasteiger partial charge in [0, 0.05) is 0 Å². The van der Waals surface area contributed by atoms with Crippen molar-refractivity contribution in [1.29, 1.82) is 0 Å². The van der Waals surface area contributed by atoms with Crippen LogP contribution < -0.4 is 0 Å². The quantitative estimate of drug-likeness (QED) is 0.719. The lowest BCUT2D eigenvalue weighted by Gasteiger charge is -2.07. The van der Waals surface area contributed by atoms with E-state index in [-0.39, 0.29) is 6.61 Å². The average Bonchev–Trinajstić information content (AvgIpc) is 2.09. The summed E-state index contributed by atoms with van der Waals surface area (Å²) in [5.41, 5.74) is 1.71. The van der Waals surface area contributed by atoms with Crippen LogP contribution in [-0.4, -0.2) is 10.2 Å². The smallest absolute Gasteiger partial charge is 0.119 e. The first kappa shape index (κ1) is 9.07. The third-order valence-electron chi connectivity index (χ3n) is 1.92. The van der Waals surface area contributed by atoms with Gasteiger partial charge in [-0.2, -0.15) is 0 Å². The van der Waals surface area contributed by atoms with E-state index in [1.807, 2.05) is 13.0 Å². The number of aliphatic hydroxyl groups excluding tert-OH is 1. The zero-order chi connectivity index (χ0) is 8.97. The van der Waals surface area contributed by atoms with Crippen LogP contribution in [0.15, 0.2) is 18.2 Å². The van der Waals surface area contributed by atoms with Crippen molar-refractivity contribution in [3.63, 3.8) is 0 Å². The van der Waals surface area contributed by atoms with Crippen LogP contribution in [0.5, 0.6) is 5.75 Å². The molecule has 1 aromatic carbocycles. The Kier molecular flexibility index (Phi) is 3.11. The molecule has 66 valence electrons. The lowest BCUT2D eigenvalue weighted by Crippen LogP contribution is -1.93. The number of aromatic hydroxyl groups is 1. The molecular weight excluding hydrogens is 152 g/mol. The lowest BCUT2D eigenvalue weighted by atomic mass is 10.0. The molecule has 0 saturated heterocycles. The Morgan fingerprint density at radius 3 is 2.67 bits per heavy atom. The highest BCUT2D eigenvalue weighted by molar-refractivity contribution is 5.38. The van der Waals surface area contributed by atoms with E-state index in [0.717, 1.165) is 24.0 Å². The normalized spacial score (nSPS) is 10.2. The van der Waals surface area contributed by atoms with Crippen LogP contribution >= 0.6 is 0 Å². The molecule has 0 heterocycles. The van der Waals surface area contributed by atoms with E-state index >= 15 is 0 Å². The zero-order valence-electron chi connectivity index (χ0n) is 7.25. The van der Waals surface area contributed by atoms with Gasteiger partial charge in [0.25, 0.3) is 0 Å². The average molecular weight is 166 g/mol. The van der Waals surface area contributed by atoms with Gasteiger partial charge < -0.3 is 10.2 Å². The molecule has 0 aliphatic heterocycles. The van der Waals surface area contributed by atoms with Crippen molar-refractivity contribution in [2.45, 2.75) is 26.4 Å². The largest absolute Gasteiger partial charge is 0.508 e. The summed E-state index contributed by atoms with van der Waals surface area (Å²) in [7, 11) is 0. The first-order valence-corrected chi connectivity index (χ1v) is 4.20. The summed E-state index contributed by atoms with van der Waals surface area (Å²) in [5.74, 6) is 0.295. The summed E-state index contributed by atoms with van der Waals surface area (Å²) in [4.78, 5) is 0. The lowest BCUT2D eigenvalue weighted by molar-refractivity contribution is 0.279. The number of phenolic OH excluding ortho intramolecular Hbond substituents is 1. The molecule has 1 rings (SSSR count). The van der Waals surface area contributed by atoms with Crippen molar-refractivity contribution in [2.24, 2.45) is 0 Å². The summed E-state index contributed by atoms with van der Waals surface area (Å²) in [6.07, 6.45) is 1.80. The Hall–Kier alpha value is -1.02. The molecule has 0 fully saturated rings. The minimum atomic E-state index is 0.00370. The van der Waals surface area contributed by atoms with Gasteiger partial charge in [0.05, 0.1) is 6.61 Å². The van der Waals surface area contributed by atoms with Crippen molar-refractivity contribution in [1.82, 2.24) is 0 Å². The predicted molar refractivity (Wildman–Crippen MR) is 48.0 cm³/mol. The van der Waals surface area contributed by atoms with E-state index in [4.69, 9.17) is 5.11 Å². The fraction of sp³-hybridized carbons (Fsp3) is 0.400. The van der Waals surface area contributed by atoms with Crippen LogP contribution in [0.1, 0.15) is 24.5 Å². The van der Waals surface area contributed by atoms with Crippen molar-refractivity contribution in [2.75, 3.05) is 0 Å². The van der Waals surface area contributed by atoms with E-state index in [2.05, 4.69) is 0 Å². The molecular formula is C10H14O2. The number of hydrogen-bond acceptors (Lipinski definition) is 2. The number of hydrogen-bond donors (Lipinski definition) is 2. The molecule has 0 spiro atoms. The van der Waals surface area contributed by atoms with Gasteiger partial charge in [-0.3, -0.25) is 0 Å². The maximum absolute atomic E-state index is 9.44. The molecule has 12 heavy (non-hydrogen) atoms. The molecule has 0 aliphatic rings. The first-order valence-electron chi connectivity index (χ1n) is 4.20. The molecule has 0 saturated carbocycles. The van der Waals surface area contributed by atoms with Crippen molar-refractivity contribution in [3.8, 4) is 5.75 Å². The van der Waals surface area contributed by atoms with Crippen LogP contribution in [0.25, 0.3) is 0 Å². The van der Waals surface area contributed by atoms with Gasteiger partial charge in [0.15, 0.2) is 0 Å². The molecule has 2 N–H and O–H groups in total. The number of phenols is 1. The fourth-order valence-electron chi connectivity index (χ4n) is 1.31. The standard InChI is InChI=1S/C10H14O2/c1-2-4-9-8(7-11)5-3-6-10(9)12/h3,5-6,11-12H,2,4,7H2,1H3. The number of rotatable bonds is 3. The van der Waals surface area contributed by atoms with Crippen LogP contribution in [0, 0.1) is 0 Å². The molecule has 0 aliphatic carbocycles. The Bertz CT molecular complexity index is 256. The second-order valence-electron chi connectivity index (χ2n) is 2.82. The molecule has 0 aromatic heterocycles. The van der Waals surface area contributed by atoms with Crippen molar-refractivity contribution >= 4 is 0 Å². The number of aliphatic hydroxyl groups is 1. The van der Waals surface area contributed by atoms with E-state index in [9.17, 15) is 5.11 Å². The van der Waals surface area contributed by atoms with Gasteiger partial charge in [-0.1, -0.05) is 25.5 Å². The summed E-state index contributed by atoms with van der Waals surface area (Å²) >= 11 is 0. The minimum Gasteiger partial charge on any atom is -0.508 e. The Balaban J connectivity index is 3.02. The summed E-state index contributed by atoms with van der Waals surface area (Å²) < 4.78 is 0. The van der Waals surface area contributed by atoms with E-state index in [0.29, 0.717) is 5.75 Å². The second-order valence-corrected chi connectivity index (χ2v) is 2.82. The van der Waals surface area contributed by atoms with E-state index in [1.165, 1.54) is 0 Å². The van der Waals surface area contributed by atoms with Crippen LogP contribution in [0.2, 0.25) is 0 Å². The van der Waals surface area contributed by atoms with Crippen LogP contribution in [0.4, 0.5) is 0 Å². The van der Waals surface area contributed by atoms with Gasteiger partial charge in [0.1, 0.15) is 5.75 Å². The summed E-state index contributed by atoms with van der Waals surface area (Å²) in [6, 6.07) is 5.24. The molecule has 0 amide bonds. The second kappa shape index (κ2) is 4.12. The highest BCUT2D eigenvalue weighted by Crippen LogP contribution is 2.22. The molecule has 0 atom stereocenters. The van der Waals surface area contributed by atoms with Gasteiger partial charge in [-0.05, 0) is 23.6 Å². The third kappa shape index (κ3) is 1.77. The van der Waals surface area contributed by atoms with Gasteiger partial charge in [-0.25, -0.2) is 0 Å². The van der Waals surface area contributed by atoms with Crippen LogP contribution in [0.3, 0.4) is 0 Å². The third-order valence-corrected chi connectivity index (χ3v) is 1.92.